The Bertz CT molecular complexity index is 996. The Balaban J connectivity index is 1.56. The zero-order valence-electron chi connectivity index (χ0n) is 15.9. The van der Waals surface area contributed by atoms with Crippen LogP contribution in [-0.4, -0.2) is 46.4 Å². The molecule has 3 rings (SSSR count). The lowest BCUT2D eigenvalue weighted by Crippen LogP contribution is -2.39. The molecule has 2 aromatic carbocycles. The Morgan fingerprint density at radius 1 is 1.23 bits per heavy atom. The summed E-state index contributed by atoms with van der Waals surface area (Å²) < 4.78 is 6.14. The van der Waals surface area contributed by atoms with Crippen molar-refractivity contribution >= 4 is 50.3 Å². The normalized spacial score (nSPS) is 12.1. The molecule has 0 aliphatic carbocycles. The Kier molecular flexibility index (Phi) is 7.58. The first-order chi connectivity index (χ1) is 14.4. The Hall–Kier alpha value is -2.72. The van der Waals surface area contributed by atoms with Crippen molar-refractivity contribution in [1.29, 1.82) is 0 Å². The van der Waals surface area contributed by atoms with Crippen LogP contribution in [0.4, 0.5) is 9.93 Å². The lowest BCUT2D eigenvalue weighted by Gasteiger charge is -2.27. The fourth-order valence-corrected chi connectivity index (χ4v) is 3.83. The Morgan fingerprint density at radius 3 is 2.70 bits per heavy atom. The van der Waals surface area contributed by atoms with Crippen molar-refractivity contribution in [3.05, 3.63) is 59.1 Å². The maximum atomic E-state index is 12.1. The second-order valence-corrected chi connectivity index (χ2v) is 7.86. The smallest absolute Gasteiger partial charge is 0.413 e. The number of para-hydroxylation sites is 1. The van der Waals surface area contributed by atoms with Gasteiger partial charge in [0.15, 0.2) is 5.13 Å². The monoisotopic (exact) mass is 447 g/mol. The van der Waals surface area contributed by atoms with Crippen molar-refractivity contribution in [2.45, 2.75) is 19.2 Å². The summed E-state index contributed by atoms with van der Waals surface area (Å²) in [7, 11) is 0. The van der Waals surface area contributed by atoms with Crippen LogP contribution in [0, 0.1) is 0 Å². The van der Waals surface area contributed by atoms with Crippen LogP contribution in [0.15, 0.2) is 48.5 Å². The predicted octanol–water partition coefficient (Wildman–Crippen LogP) is 3.52. The maximum absolute atomic E-state index is 12.1. The number of fused-ring (bicyclic) bond motifs is 1. The molecule has 0 spiro atoms. The summed E-state index contributed by atoms with van der Waals surface area (Å²) in [5.74, 6) is -0.888. The molecule has 1 heterocycles. The molecule has 1 unspecified atom stereocenters. The number of hydrogen-bond acceptors (Lipinski definition) is 7. The van der Waals surface area contributed by atoms with E-state index in [4.69, 9.17) is 22.1 Å². The van der Waals surface area contributed by atoms with Crippen LogP contribution in [0.1, 0.15) is 12.0 Å². The van der Waals surface area contributed by atoms with Gasteiger partial charge in [-0.25, -0.2) is 9.78 Å². The van der Waals surface area contributed by atoms with E-state index < -0.39 is 18.2 Å². The minimum Gasteiger partial charge on any atom is -0.448 e. The quantitative estimate of drug-likeness (QED) is 0.485. The molecule has 0 aliphatic rings. The van der Waals surface area contributed by atoms with E-state index in [1.54, 1.807) is 18.2 Å². The number of amides is 2. The first-order valence-electron chi connectivity index (χ1n) is 9.11. The highest BCUT2D eigenvalue weighted by Crippen LogP contribution is 2.25. The molecule has 1 radical (unpaired) electrons. The molecule has 2 amide bonds. The highest BCUT2D eigenvalue weighted by atomic mass is 35.5. The number of carbonyl (C=O) groups is 2. The number of carbonyl (C=O) groups excluding carboxylic acids is 2. The van der Waals surface area contributed by atoms with Crippen molar-refractivity contribution in [2.75, 3.05) is 18.5 Å². The Labute approximate surface area is 182 Å². The third-order valence-corrected chi connectivity index (χ3v) is 5.56. The van der Waals surface area contributed by atoms with E-state index in [-0.39, 0.29) is 26.1 Å². The second-order valence-electron chi connectivity index (χ2n) is 6.42. The minimum atomic E-state index is -1.19. The summed E-state index contributed by atoms with van der Waals surface area (Å²) in [6, 6.07) is 14.6. The molecule has 1 aromatic heterocycles. The van der Waals surface area contributed by atoms with E-state index in [1.165, 1.54) is 16.2 Å². The van der Waals surface area contributed by atoms with E-state index >= 15 is 0 Å². The van der Waals surface area contributed by atoms with Gasteiger partial charge in [-0.15, -0.1) is 0 Å². The first kappa shape index (κ1) is 22.0. The van der Waals surface area contributed by atoms with Crippen molar-refractivity contribution in [3.63, 3.8) is 0 Å². The molecule has 0 fully saturated rings. The van der Waals surface area contributed by atoms with Gasteiger partial charge in [0, 0.05) is 18.1 Å². The number of aliphatic hydroxyl groups excluding tert-OH is 1. The van der Waals surface area contributed by atoms with Gasteiger partial charge < -0.3 is 9.84 Å². The standard InChI is InChI=1S/C20H20ClN4O4S/c21-14-6-2-1-5-13(14)12-25(18(27)11-17(22)26)9-10-29-20(28)24-19-23-15-7-3-4-8-16(15)30-19/h1-8,18,22,27H,9-12H2,(H,23,24,28). The second kappa shape index (κ2) is 10.4. The lowest BCUT2D eigenvalue weighted by molar-refractivity contribution is -0.124. The number of rotatable bonds is 9. The molecule has 3 N–H and O–H groups in total. The molecule has 8 nitrogen and oxygen atoms in total. The van der Waals surface area contributed by atoms with Crippen LogP contribution in [0.3, 0.4) is 0 Å². The van der Waals surface area contributed by atoms with Gasteiger partial charge in [0.2, 0.25) is 5.91 Å². The number of thiazole rings is 1. The van der Waals surface area contributed by atoms with Gasteiger partial charge in [0.1, 0.15) is 12.8 Å². The highest BCUT2D eigenvalue weighted by molar-refractivity contribution is 7.22. The summed E-state index contributed by atoms with van der Waals surface area (Å²) in [5, 5.41) is 13.8. The number of aliphatic hydroxyl groups is 1. The van der Waals surface area contributed by atoms with Crippen molar-refractivity contribution in [2.24, 2.45) is 0 Å². The maximum Gasteiger partial charge on any atom is 0.413 e. The van der Waals surface area contributed by atoms with Gasteiger partial charge in [0.05, 0.1) is 16.6 Å². The van der Waals surface area contributed by atoms with Gasteiger partial charge >= 0.3 is 6.09 Å². The average molecular weight is 448 g/mol. The number of halogens is 1. The van der Waals surface area contributed by atoms with E-state index in [9.17, 15) is 14.7 Å². The SMILES string of the molecule is [NH]C(=O)CC(O)N(CCOC(=O)Nc1nc2ccccc2s1)Cc1ccccc1Cl. The predicted molar refractivity (Wildman–Crippen MR) is 115 cm³/mol. The molecule has 0 aliphatic heterocycles. The highest BCUT2D eigenvalue weighted by Gasteiger charge is 2.20. The fourth-order valence-electron chi connectivity index (χ4n) is 2.78. The van der Waals surface area contributed by atoms with Gasteiger partial charge in [-0.2, -0.15) is 0 Å². The summed E-state index contributed by atoms with van der Waals surface area (Å²) in [5.41, 5.74) is 8.62. The van der Waals surface area contributed by atoms with Gasteiger partial charge in [-0.3, -0.25) is 20.7 Å². The van der Waals surface area contributed by atoms with Crippen LogP contribution in [0.5, 0.6) is 0 Å². The number of nitrogens with zero attached hydrogens (tertiary/aromatic N) is 2. The van der Waals surface area contributed by atoms with Crippen molar-refractivity contribution < 1.29 is 19.4 Å². The van der Waals surface area contributed by atoms with Crippen LogP contribution < -0.4 is 11.1 Å². The molecule has 157 valence electrons. The van der Waals surface area contributed by atoms with Crippen LogP contribution in [0.25, 0.3) is 10.2 Å². The topological polar surface area (TPSA) is 116 Å². The summed E-state index contributed by atoms with van der Waals surface area (Å²) >= 11 is 7.51. The summed E-state index contributed by atoms with van der Waals surface area (Å²) in [6.07, 6.45) is -2.22. The van der Waals surface area contributed by atoms with E-state index in [1.807, 2.05) is 30.3 Å². The van der Waals surface area contributed by atoms with Crippen molar-refractivity contribution in [3.8, 4) is 0 Å². The molecule has 30 heavy (non-hydrogen) atoms. The lowest BCUT2D eigenvalue weighted by atomic mass is 10.2. The number of ether oxygens (including phenoxy) is 1. The van der Waals surface area contributed by atoms with Crippen molar-refractivity contribution in [1.82, 2.24) is 15.6 Å². The van der Waals surface area contributed by atoms with Gasteiger partial charge in [-0.05, 0) is 23.8 Å². The minimum absolute atomic E-state index is 0.0373. The molecule has 3 aromatic rings. The summed E-state index contributed by atoms with van der Waals surface area (Å²) in [6.45, 7) is 0.342. The Morgan fingerprint density at radius 2 is 1.97 bits per heavy atom. The van der Waals surface area contributed by atoms with Gasteiger partial charge in [0.25, 0.3) is 0 Å². The number of hydrogen-bond donors (Lipinski definition) is 2. The largest absolute Gasteiger partial charge is 0.448 e. The van der Waals surface area contributed by atoms with Gasteiger partial charge in [-0.1, -0.05) is 53.3 Å². The van der Waals surface area contributed by atoms with Crippen LogP contribution >= 0.6 is 22.9 Å². The molecule has 0 bridgehead atoms. The number of anilines is 1. The number of benzene rings is 2. The average Bonchev–Trinajstić information content (AvgIpc) is 3.10. The third kappa shape index (κ3) is 6.14. The molecular weight excluding hydrogens is 428 g/mol. The molecular formula is C20H20ClN4O4S. The number of nitrogens with one attached hydrogen (secondary N) is 2. The zero-order valence-corrected chi connectivity index (χ0v) is 17.4. The molecule has 10 heteroatoms. The first-order valence-corrected chi connectivity index (χ1v) is 10.3. The van der Waals surface area contributed by atoms with E-state index in [0.717, 1.165) is 15.8 Å². The molecule has 1 atom stereocenters. The third-order valence-electron chi connectivity index (χ3n) is 4.24. The molecule has 0 saturated heterocycles. The fraction of sp³-hybridized carbons (Fsp3) is 0.250. The van der Waals surface area contributed by atoms with Crippen LogP contribution in [0.2, 0.25) is 5.02 Å². The summed E-state index contributed by atoms with van der Waals surface area (Å²) in [4.78, 5) is 29.0. The van der Waals surface area contributed by atoms with E-state index in [2.05, 4.69) is 10.3 Å². The number of aromatic nitrogens is 1. The van der Waals surface area contributed by atoms with Crippen LogP contribution in [-0.2, 0) is 16.1 Å². The van der Waals surface area contributed by atoms with E-state index in [0.29, 0.717) is 10.2 Å². The molecule has 0 saturated carbocycles. The zero-order chi connectivity index (χ0) is 21.5.